The number of likely N-dealkylation sites (tertiary alicyclic amines) is 1. The minimum Gasteiger partial charge on any atom is -0.369 e. The number of piperidine rings is 2. The van der Waals surface area contributed by atoms with Crippen LogP contribution >= 0.6 is 0 Å². The van der Waals surface area contributed by atoms with Crippen LogP contribution in [-0.2, 0) is 9.59 Å². The lowest BCUT2D eigenvalue weighted by atomic mass is 9.96. The van der Waals surface area contributed by atoms with Gasteiger partial charge in [-0.1, -0.05) is 0 Å². The Hall–Kier alpha value is -2.86. The maximum absolute atomic E-state index is 13.2. The molecule has 216 valence electrons. The Morgan fingerprint density at radius 1 is 0.725 bits per heavy atom. The summed E-state index contributed by atoms with van der Waals surface area (Å²) in [4.78, 5) is 61.1. The Kier molecular flexibility index (Phi) is 8.15. The number of piperazine rings is 2. The maximum atomic E-state index is 13.2. The average Bonchev–Trinajstić information content (AvgIpc) is 3.22. The standard InChI is InChI=1S/C29H41N7O4/c37-26-4-3-25(27(38)31-26)36-28(39)23-2-1-22(19-24(23)29(36)40)35-17-15-34(16-18-35)20-21-5-9-32(10-6-21)13-14-33-11-7-30-8-12-33/h1-2,19,21,25,30H,3-18,20H2,(H,31,37,38). The molecule has 4 amide bonds. The Labute approximate surface area is 235 Å². The third kappa shape index (κ3) is 5.79. The summed E-state index contributed by atoms with van der Waals surface area (Å²) >= 11 is 0. The first-order valence-electron chi connectivity index (χ1n) is 14.9. The molecule has 0 aliphatic carbocycles. The molecule has 2 N–H and O–H groups in total. The van der Waals surface area contributed by atoms with Crippen LogP contribution in [0.2, 0.25) is 0 Å². The number of imide groups is 2. The maximum Gasteiger partial charge on any atom is 0.262 e. The number of fused-ring (bicyclic) bond motifs is 1. The number of nitrogens with one attached hydrogen (secondary N) is 2. The fourth-order valence-electron chi connectivity index (χ4n) is 6.82. The van der Waals surface area contributed by atoms with E-state index in [0.29, 0.717) is 11.1 Å². The number of carbonyl (C=O) groups is 4. The lowest BCUT2D eigenvalue weighted by molar-refractivity contribution is -0.136. The van der Waals surface area contributed by atoms with Gasteiger partial charge in [0.15, 0.2) is 0 Å². The van der Waals surface area contributed by atoms with Crippen molar-refractivity contribution >= 4 is 29.3 Å². The van der Waals surface area contributed by atoms with Gasteiger partial charge in [0.25, 0.3) is 11.8 Å². The van der Waals surface area contributed by atoms with Crippen molar-refractivity contribution < 1.29 is 19.2 Å². The third-order valence-electron chi connectivity index (χ3n) is 9.33. The summed E-state index contributed by atoms with van der Waals surface area (Å²) in [6.07, 6.45) is 2.83. The Balaban J connectivity index is 0.972. The molecule has 5 aliphatic heterocycles. The normalized spacial score (nSPS) is 25.9. The first kappa shape index (κ1) is 27.3. The summed E-state index contributed by atoms with van der Waals surface area (Å²) in [6.45, 7) is 14.2. The molecule has 0 radical (unpaired) electrons. The van der Waals surface area contributed by atoms with E-state index in [0.717, 1.165) is 62.3 Å². The molecule has 1 aromatic rings. The zero-order valence-corrected chi connectivity index (χ0v) is 23.3. The lowest BCUT2D eigenvalue weighted by Gasteiger charge is -2.40. The van der Waals surface area contributed by atoms with Crippen LogP contribution in [0.15, 0.2) is 18.2 Å². The van der Waals surface area contributed by atoms with Gasteiger partial charge < -0.3 is 15.1 Å². The number of carbonyl (C=O) groups excluding carboxylic acids is 4. The molecule has 11 nitrogen and oxygen atoms in total. The molecule has 11 heteroatoms. The summed E-state index contributed by atoms with van der Waals surface area (Å²) in [5.41, 5.74) is 1.61. The summed E-state index contributed by atoms with van der Waals surface area (Å²) < 4.78 is 0. The highest BCUT2D eigenvalue weighted by Gasteiger charge is 2.44. The summed E-state index contributed by atoms with van der Waals surface area (Å²) in [5, 5.41) is 5.67. The van der Waals surface area contributed by atoms with Crippen molar-refractivity contribution in [1.82, 2.24) is 30.2 Å². The highest BCUT2D eigenvalue weighted by Crippen LogP contribution is 2.31. The van der Waals surface area contributed by atoms with Crippen LogP contribution < -0.4 is 15.5 Å². The van der Waals surface area contributed by atoms with E-state index in [4.69, 9.17) is 0 Å². The number of hydrogen-bond donors (Lipinski definition) is 2. The first-order valence-corrected chi connectivity index (χ1v) is 14.9. The van der Waals surface area contributed by atoms with Crippen molar-refractivity contribution in [2.24, 2.45) is 5.92 Å². The number of anilines is 1. The van der Waals surface area contributed by atoms with E-state index in [1.165, 1.54) is 52.1 Å². The van der Waals surface area contributed by atoms with Gasteiger partial charge in [-0.3, -0.25) is 39.2 Å². The van der Waals surface area contributed by atoms with E-state index in [9.17, 15) is 19.2 Å². The van der Waals surface area contributed by atoms with Crippen molar-refractivity contribution in [3.8, 4) is 0 Å². The molecule has 4 saturated heterocycles. The van der Waals surface area contributed by atoms with E-state index in [1.54, 1.807) is 12.1 Å². The van der Waals surface area contributed by atoms with Crippen LogP contribution in [0.4, 0.5) is 5.69 Å². The average molecular weight is 552 g/mol. The minimum absolute atomic E-state index is 0.120. The van der Waals surface area contributed by atoms with Gasteiger partial charge in [-0.15, -0.1) is 0 Å². The molecule has 6 rings (SSSR count). The Morgan fingerprint density at radius 2 is 1.40 bits per heavy atom. The molecular weight excluding hydrogens is 510 g/mol. The second-order valence-corrected chi connectivity index (χ2v) is 11.8. The van der Waals surface area contributed by atoms with Gasteiger partial charge in [-0.25, -0.2) is 0 Å². The molecule has 1 unspecified atom stereocenters. The molecule has 1 atom stereocenters. The van der Waals surface area contributed by atoms with Gasteiger partial charge in [-0.05, 0) is 56.5 Å². The van der Waals surface area contributed by atoms with Crippen LogP contribution in [0.1, 0.15) is 46.4 Å². The molecule has 4 fully saturated rings. The molecule has 0 saturated carbocycles. The molecule has 40 heavy (non-hydrogen) atoms. The van der Waals surface area contributed by atoms with Crippen molar-refractivity contribution in [1.29, 1.82) is 0 Å². The molecule has 5 aliphatic rings. The zero-order valence-electron chi connectivity index (χ0n) is 23.3. The van der Waals surface area contributed by atoms with E-state index in [1.807, 2.05) is 6.07 Å². The number of nitrogens with zero attached hydrogens (tertiary/aromatic N) is 5. The lowest BCUT2D eigenvalue weighted by Crippen LogP contribution is -2.54. The minimum atomic E-state index is -0.934. The van der Waals surface area contributed by atoms with Crippen LogP contribution in [0.25, 0.3) is 0 Å². The second kappa shape index (κ2) is 11.9. The number of rotatable bonds is 7. The molecule has 0 spiro atoms. The summed E-state index contributed by atoms with van der Waals surface area (Å²) in [5.74, 6) is -1.10. The van der Waals surface area contributed by atoms with Gasteiger partial charge in [0, 0.05) is 84.1 Å². The zero-order chi connectivity index (χ0) is 27.6. The van der Waals surface area contributed by atoms with Gasteiger partial charge in [0.05, 0.1) is 11.1 Å². The van der Waals surface area contributed by atoms with Crippen LogP contribution in [-0.4, -0.2) is 134 Å². The summed E-state index contributed by atoms with van der Waals surface area (Å²) in [7, 11) is 0. The fraction of sp³-hybridized carbons (Fsp3) is 0.655. The molecule has 0 bridgehead atoms. The van der Waals surface area contributed by atoms with Crippen LogP contribution in [0, 0.1) is 5.92 Å². The Bertz CT molecular complexity index is 1140. The summed E-state index contributed by atoms with van der Waals surface area (Å²) in [6, 6.07) is 4.48. The topological polar surface area (TPSA) is 109 Å². The van der Waals surface area contributed by atoms with E-state index < -0.39 is 23.8 Å². The van der Waals surface area contributed by atoms with Gasteiger partial charge in [0.2, 0.25) is 11.8 Å². The van der Waals surface area contributed by atoms with Crippen LogP contribution in [0.5, 0.6) is 0 Å². The third-order valence-corrected chi connectivity index (χ3v) is 9.33. The number of benzene rings is 1. The molecular formula is C29H41N7O4. The van der Waals surface area contributed by atoms with Crippen molar-refractivity contribution in [3.05, 3.63) is 29.3 Å². The highest BCUT2D eigenvalue weighted by molar-refractivity contribution is 6.23. The molecule has 5 heterocycles. The van der Waals surface area contributed by atoms with Crippen molar-refractivity contribution in [3.63, 3.8) is 0 Å². The quantitative estimate of drug-likeness (QED) is 0.447. The molecule has 0 aromatic heterocycles. The highest BCUT2D eigenvalue weighted by atomic mass is 16.2. The van der Waals surface area contributed by atoms with Crippen LogP contribution in [0.3, 0.4) is 0 Å². The van der Waals surface area contributed by atoms with Gasteiger partial charge in [0.1, 0.15) is 6.04 Å². The smallest absolute Gasteiger partial charge is 0.262 e. The number of hydrogen-bond acceptors (Lipinski definition) is 9. The predicted octanol–water partition coefficient (Wildman–Crippen LogP) is -0.173. The molecule has 1 aromatic carbocycles. The van der Waals surface area contributed by atoms with E-state index in [2.05, 4.69) is 30.2 Å². The fourth-order valence-corrected chi connectivity index (χ4v) is 6.82. The van der Waals surface area contributed by atoms with E-state index in [-0.39, 0.29) is 18.7 Å². The SMILES string of the molecule is O=C1CCC(N2C(=O)c3ccc(N4CCN(CC5CCN(CCN6CCNCC6)CC5)CC4)cc3C2=O)C(=O)N1. The van der Waals surface area contributed by atoms with Crippen molar-refractivity contribution in [2.75, 3.05) is 90.0 Å². The Morgan fingerprint density at radius 3 is 2.10 bits per heavy atom. The second-order valence-electron chi connectivity index (χ2n) is 11.8. The predicted molar refractivity (Wildman–Crippen MR) is 150 cm³/mol. The largest absolute Gasteiger partial charge is 0.369 e. The van der Waals surface area contributed by atoms with Gasteiger partial charge >= 0.3 is 0 Å². The van der Waals surface area contributed by atoms with Gasteiger partial charge in [-0.2, -0.15) is 0 Å². The van der Waals surface area contributed by atoms with Crippen molar-refractivity contribution in [2.45, 2.75) is 31.7 Å². The first-order chi connectivity index (χ1) is 19.5. The number of amides is 4. The van der Waals surface area contributed by atoms with E-state index >= 15 is 0 Å². The monoisotopic (exact) mass is 551 g/mol.